The number of piperazine rings is 1. The fourth-order valence-electron chi connectivity index (χ4n) is 3.55. The van der Waals surface area contributed by atoms with E-state index in [-0.39, 0.29) is 29.9 Å². The Balaban J connectivity index is 0.00000341. The van der Waals surface area contributed by atoms with Crippen molar-refractivity contribution < 1.29 is 14.3 Å². The molecule has 0 radical (unpaired) electrons. The average Bonchev–Trinajstić information content (AvgIpc) is 2.82. The van der Waals surface area contributed by atoms with Crippen LogP contribution < -0.4 is 15.0 Å². The van der Waals surface area contributed by atoms with Gasteiger partial charge in [-0.05, 0) is 48.4 Å². The maximum Gasteiger partial charge on any atom is 0.337 e. The van der Waals surface area contributed by atoms with E-state index in [9.17, 15) is 4.79 Å². The number of hydrogen-bond donors (Lipinski definition) is 1. The van der Waals surface area contributed by atoms with Crippen molar-refractivity contribution in [1.29, 1.82) is 0 Å². The standard InChI is InChI=1S/C23H30N4O3.HI/c1-24-23(25-13-12-18-4-6-19(7-5-18)22(28)30-3)27-16-14-26(15-17-27)20-8-10-21(29-2)11-9-20;/h4-11H,12-17H2,1-3H3,(H,24,25);1H. The van der Waals surface area contributed by atoms with Crippen LogP contribution in [0.2, 0.25) is 0 Å². The average molecular weight is 538 g/mol. The zero-order valence-corrected chi connectivity index (χ0v) is 20.7. The monoisotopic (exact) mass is 538 g/mol. The van der Waals surface area contributed by atoms with Crippen molar-refractivity contribution in [1.82, 2.24) is 10.2 Å². The van der Waals surface area contributed by atoms with E-state index in [1.165, 1.54) is 12.8 Å². The highest BCUT2D eigenvalue weighted by molar-refractivity contribution is 14.0. The molecule has 1 fully saturated rings. The van der Waals surface area contributed by atoms with Crippen molar-refractivity contribution in [3.63, 3.8) is 0 Å². The number of halogens is 1. The Hall–Kier alpha value is -2.49. The molecule has 0 atom stereocenters. The van der Waals surface area contributed by atoms with Crippen LogP contribution in [0.3, 0.4) is 0 Å². The zero-order chi connectivity index (χ0) is 21.3. The number of guanidine groups is 1. The third-order valence-corrected chi connectivity index (χ3v) is 5.30. The molecular weight excluding hydrogens is 507 g/mol. The first-order valence-corrected chi connectivity index (χ1v) is 10.2. The highest BCUT2D eigenvalue weighted by Crippen LogP contribution is 2.20. The first-order chi connectivity index (χ1) is 14.6. The molecule has 3 rings (SSSR count). The lowest BCUT2D eigenvalue weighted by molar-refractivity contribution is 0.0600. The zero-order valence-electron chi connectivity index (χ0n) is 18.3. The first-order valence-electron chi connectivity index (χ1n) is 10.2. The molecule has 8 heteroatoms. The molecule has 2 aromatic carbocycles. The van der Waals surface area contributed by atoms with Gasteiger partial charge in [0.15, 0.2) is 5.96 Å². The second-order valence-corrected chi connectivity index (χ2v) is 7.08. The summed E-state index contributed by atoms with van der Waals surface area (Å²) in [5.41, 5.74) is 2.95. The van der Waals surface area contributed by atoms with Gasteiger partial charge in [0.1, 0.15) is 5.75 Å². The SMILES string of the molecule is CN=C(NCCc1ccc(C(=O)OC)cc1)N1CCN(c2ccc(OC)cc2)CC1.I. The quantitative estimate of drug-likeness (QED) is 0.264. The molecule has 0 aliphatic carbocycles. The minimum atomic E-state index is -0.311. The van der Waals surface area contributed by atoms with Gasteiger partial charge < -0.3 is 24.6 Å². The predicted molar refractivity (Wildman–Crippen MR) is 135 cm³/mol. The number of ether oxygens (including phenoxy) is 2. The molecule has 1 N–H and O–H groups in total. The Morgan fingerprint density at radius 1 is 1.00 bits per heavy atom. The number of methoxy groups -OCH3 is 2. The molecule has 1 saturated heterocycles. The Labute approximate surface area is 201 Å². The molecule has 1 aliphatic rings. The smallest absolute Gasteiger partial charge is 0.337 e. The van der Waals surface area contributed by atoms with Gasteiger partial charge in [-0.2, -0.15) is 0 Å². The van der Waals surface area contributed by atoms with Crippen LogP contribution in [0.15, 0.2) is 53.5 Å². The van der Waals surface area contributed by atoms with E-state index in [0.29, 0.717) is 5.56 Å². The van der Waals surface area contributed by atoms with Gasteiger partial charge >= 0.3 is 5.97 Å². The topological polar surface area (TPSA) is 66.4 Å². The lowest BCUT2D eigenvalue weighted by Gasteiger charge is -2.37. The van der Waals surface area contributed by atoms with Gasteiger partial charge in [-0.1, -0.05) is 12.1 Å². The van der Waals surface area contributed by atoms with Crippen LogP contribution in [0.4, 0.5) is 5.69 Å². The Kier molecular flexibility index (Phi) is 9.90. The number of hydrogen-bond acceptors (Lipinski definition) is 5. The van der Waals surface area contributed by atoms with Gasteiger partial charge in [0.05, 0.1) is 19.8 Å². The molecule has 0 bridgehead atoms. The van der Waals surface area contributed by atoms with Crippen LogP contribution in [0.5, 0.6) is 5.75 Å². The lowest BCUT2D eigenvalue weighted by atomic mass is 10.1. The van der Waals surface area contributed by atoms with Crippen LogP contribution in [0.25, 0.3) is 0 Å². The minimum Gasteiger partial charge on any atom is -0.497 e. The molecule has 0 aromatic heterocycles. The van der Waals surface area contributed by atoms with Crippen molar-refractivity contribution in [3.8, 4) is 5.75 Å². The fourth-order valence-corrected chi connectivity index (χ4v) is 3.55. The number of carbonyl (C=O) groups excluding carboxylic acids is 1. The van der Waals surface area contributed by atoms with Gasteiger partial charge in [0, 0.05) is 45.5 Å². The summed E-state index contributed by atoms with van der Waals surface area (Å²) in [4.78, 5) is 20.6. The van der Waals surface area contributed by atoms with Crippen molar-refractivity contribution in [3.05, 3.63) is 59.7 Å². The van der Waals surface area contributed by atoms with Crippen molar-refractivity contribution >= 4 is 41.6 Å². The number of carbonyl (C=O) groups is 1. The summed E-state index contributed by atoms with van der Waals surface area (Å²) in [6.07, 6.45) is 0.853. The van der Waals surface area contributed by atoms with Crippen molar-refractivity contribution in [2.24, 2.45) is 4.99 Å². The number of anilines is 1. The summed E-state index contributed by atoms with van der Waals surface area (Å²) in [7, 11) is 4.90. The number of esters is 1. The van der Waals surface area contributed by atoms with Gasteiger partial charge in [-0.25, -0.2) is 4.79 Å². The third-order valence-electron chi connectivity index (χ3n) is 5.30. The summed E-state index contributed by atoms with van der Waals surface area (Å²) in [5, 5.41) is 3.46. The second-order valence-electron chi connectivity index (χ2n) is 7.08. The van der Waals surface area contributed by atoms with E-state index >= 15 is 0 Å². The molecule has 7 nitrogen and oxygen atoms in total. The number of rotatable bonds is 6. The summed E-state index contributed by atoms with van der Waals surface area (Å²) >= 11 is 0. The number of nitrogens with zero attached hydrogens (tertiary/aromatic N) is 3. The molecule has 168 valence electrons. The maximum absolute atomic E-state index is 11.5. The molecule has 31 heavy (non-hydrogen) atoms. The number of benzene rings is 2. The molecule has 0 amide bonds. The molecule has 0 spiro atoms. The molecule has 1 heterocycles. The number of aliphatic imine (C=N–C) groups is 1. The van der Waals surface area contributed by atoms with E-state index < -0.39 is 0 Å². The van der Waals surface area contributed by atoms with E-state index in [4.69, 9.17) is 9.47 Å². The Morgan fingerprint density at radius 2 is 1.65 bits per heavy atom. The van der Waals surface area contributed by atoms with E-state index in [2.05, 4.69) is 32.2 Å². The molecule has 0 unspecified atom stereocenters. The molecule has 2 aromatic rings. The highest BCUT2D eigenvalue weighted by atomic mass is 127. The van der Waals surface area contributed by atoms with Gasteiger partial charge in [-0.3, -0.25) is 4.99 Å². The predicted octanol–water partition coefficient (Wildman–Crippen LogP) is 3.04. The first kappa shape index (κ1) is 24.8. The van der Waals surface area contributed by atoms with Gasteiger partial charge in [0.25, 0.3) is 0 Å². The second kappa shape index (κ2) is 12.4. The number of nitrogens with one attached hydrogen (secondary N) is 1. The van der Waals surface area contributed by atoms with Crippen LogP contribution >= 0.6 is 24.0 Å². The van der Waals surface area contributed by atoms with Crippen LogP contribution in [-0.4, -0.2) is 70.8 Å². The Morgan fingerprint density at radius 3 is 2.19 bits per heavy atom. The minimum absolute atomic E-state index is 0. The molecule has 0 saturated carbocycles. The van der Waals surface area contributed by atoms with E-state index in [0.717, 1.165) is 56.4 Å². The summed E-state index contributed by atoms with van der Waals surface area (Å²) in [6.45, 7) is 4.51. The maximum atomic E-state index is 11.5. The fraction of sp³-hybridized carbons (Fsp3) is 0.391. The summed E-state index contributed by atoms with van der Waals surface area (Å²) in [6, 6.07) is 15.7. The van der Waals surface area contributed by atoms with Gasteiger partial charge in [0.2, 0.25) is 0 Å². The Bertz CT molecular complexity index is 848. The summed E-state index contributed by atoms with van der Waals surface area (Å²) < 4.78 is 9.97. The molecule has 1 aliphatic heterocycles. The third kappa shape index (κ3) is 6.75. The van der Waals surface area contributed by atoms with Crippen molar-refractivity contribution in [2.75, 3.05) is 58.9 Å². The lowest BCUT2D eigenvalue weighted by Crippen LogP contribution is -2.52. The molecular formula is C23H31IN4O3. The normalized spacial score (nSPS) is 14.0. The van der Waals surface area contributed by atoms with Crippen LogP contribution in [0.1, 0.15) is 15.9 Å². The van der Waals surface area contributed by atoms with Crippen LogP contribution in [-0.2, 0) is 11.2 Å². The van der Waals surface area contributed by atoms with Crippen molar-refractivity contribution in [2.45, 2.75) is 6.42 Å². The van der Waals surface area contributed by atoms with E-state index in [1.807, 2.05) is 31.3 Å². The van der Waals surface area contributed by atoms with Gasteiger partial charge in [-0.15, -0.1) is 24.0 Å². The van der Waals surface area contributed by atoms with E-state index in [1.54, 1.807) is 19.2 Å². The largest absolute Gasteiger partial charge is 0.497 e. The van der Waals surface area contributed by atoms with Crippen LogP contribution in [0, 0.1) is 0 Å². The highest BCUT2D eigenvalue weighted by Gasteiger charge is 2.19. The summed E-state index contributed by atoms with van der Waals surface area (Å²) in [5.74, 6) is 1.49.